The van der Waals surface area contributed by atoms with Crippen molar-refractivity contribution in [2.24, 2.45) is 0 Å². The summed E-state index contributed by atoms with van der Waals surface area (Å²) in [7, 11) is 0. The molecule has 1 heterocycles. The first kappa shape index (κ1) is 15.0. The number of anilines is 1. The average Bonchev–Trinajstić information content (AvgIpc) is 2.41. The van der Waals surface area contributed by atoms with Gasteiger partial charge in [0.15, 0.2) is 0 Å². The minimum absolute atomic E-state index is 0.0117. The molecule has 2 rings (SSSR count). The third-order valence-corrected chi connectivity index (χ3v) is 3.62. The number of hydrogen-bond donors (Lipinski definition) is 2. The van der Waals surface area contributed by atoms with Gasteiger partial charge in [0, 0.05) is 12.2 Å². The van der Waals surface area contributed by atoms with Crippen molar-refractivity contribution in [3.63, 3.8) is 0 Å². The lowest BCUT2D eigenvalue weighted by molar-refractivity contribution is -0.118. The molecule has 0 bridgehead atoms. The molecule has 0 spiro atoms. The minimum Gasteiger partial charge on any atom is -0.392 e. The fourth-order valence-corrected chi connectivity index (χ4v) is 2.62. The number of carbonyl (C=O) groups is 1. The smallest absolute Gasteiger partial charge is 0.238 e. The highest BCUT2D eigenvalue weighted by Crippen LogP contribution is 2.12. The Morgan fingerprint density at radius 1 is 1.40 bits per heavy atom. The van der Waals surface area contributed by atoms with Crippen LogP contribution in [0.15, 0.2) is 24.3 Å². The number of piperidine rings is 1. The minimum atomic E-state index is -0.287. The lowest BCUT2D eigenvalue weighted by atomic mass is 10.1. The maximum absolute atomic E-state index is 12.0. The lowest BCUT2D eigenvalue weighted by Crippen LogP contribution is -2.42. The van der Waals surface area contributed by atoms with E-state index in [1.165, 1.54) is 5.56 Å². The number of likely N-dealkylation sites (tertiary alicyclic amines) is 1. The Morgan fingerprint density at radius 3 is 2.80 bits per heavy atom. The Balaban J connectivity index is 1.81. The largest absolute Gasteiger partial charge is 0.392 e. The molecule has 1 aromatic carbocycles. The summed E-state index contributed by atoms with van der Waals surface area (Å²) in [6, 6.07) is 8.02. The molecule has 20 heavy (non-hydrogen) atoms. The van der Waals surface area contributed by atoms with Gasteiger partial charge in [0.2, 0.25) is 5.91 Å². The van der Waals surface area contributed by atoms with Gasteiger partial charge >= 0.3 is 0 Å². The van der Waals surface area contributed by atoms with E-state index in [0.717, 1.165) is 37.9 Å². The maximum atomic E-state index is 12.0. The number of amides is 1. The summed E-state index contributed by atoms with van der Waals surface area (Å²) < 4.78 is 0. The summed E-state index contributed by atoms with van der Waals surface area (Å²) in [5.74, 6) is -0.0117. The molecule has 1 atom stereocenters. The number of carbonyl (C=O) groups excluding carboxylic acids is 1. The fourth-order valence-electron chi connectivity index (χ4n) is 2.62. The van der Waals surface area contributed by atoms with Gasteiger partial charge in [-0.15, -0.1) is 0 Å². The molecule has 1 aromatic rings. The van der Waals surface area contributed by atoms with Gasteiger partial charge in [-0.3, -0.25) is 9.69 Å². The summed E-state index contributed by atoms with van der Waals surface area (Å²) in [6.45, 7) is 4.00. The number of aliphatic hydroxyl groups is 1. The molecule has 4 heteroatoms. The number of benzene rings is 1. The molecule has 1 aliphatic heterocycles. The second-order valence-electron chi connectivity index (χ2n) is 5.53. The molecule has 0 aliphatic carbocycles. The molecule has 0 aromatic heterocycles. The van der Waals surface area contributed by atoms with Gasteiger partial charge in [-0.2, -0.15) is 0 Å². The van der Waals surface area contributed by atoms with E-state index in [1.807, 2.05) is 17.0 Å². The van der Waals surface area contributed by atoms with Crippen LogP contribution in [-0.4, -0.2) is 41.7 Å². The van der Waals surface area contributed by atoms with Gasteiger partial charge in [0.1, 0.15) is 0 Å². The zero-order valence-electron chi connectivity index (χ0n) is 12.1. The van der Waals surface area contributed by atoms with Gasteiger partial charge in [-0.1, -0.05) is 25.5 Å². The van der Waals surface area contributed by atoms with E-state index in [0.29, 0.717) is 13.1 Å². The topological polar surface area (TPSA) is 52.6 Å². The lowest BCUT2D eigenvalue weighted by Gasteiger charge is -2.29. The van der Waals surface area contributed by atoms with Crippen molar-refractivity contribution >= 4 is 11.6 Å². The molecular formula is C16H24N2O2. The fraction of sp³-hybridized carbons (Fsp3) is 0.562. The second-order valence-corrected chi connectivity index (χ2v) is 5.53. The number of aryl methyl sites for hydroxylation is 1. The van der Waals surface area contributed by atoms with Crippen LogP contribution >= 0.6 is 0 Å². The Hall–Kier alpha value is -1.39. The summed E-state index contributed by atoms with van der Waals surface area (Å²) in [5.41, 5.74) is 2.14. The molecule has 1 unspecified atom stereocenters. The molecule has 0 saturated carbocycles. The van der Waals surface area contributed by atoms with E-state index in [-0.39, 0.29) is 12.0 Å². The molecule has 1 saturated heterocycles. The van der Waals surface area contributed by atoms with E-state index in [2.05, 4.69) is 24.4 Å². The number of hydrogen-bond acceptors (Lipinski definition) is 3. The zero-order valence-corrected chi connectivity index (χ0v) is 12.1. The van der Waals surface area contributed by atoms with E-state index in [1.54, 1.807) is 0 Å². The predicted octanol–water partition coefficient (Wildman–Crippen LogP) is 2.03. The summed E-state index contributed by atoms with van der Waals surface area (Å²) >= 11 is 0. The van der Waals surface area contributed by atoms with Gasteiger partial charge in [0.05, 0.1) is 12.6 Å². The predicted molar refractivity (Wildman–Crippen MR) is 80.7 cm³/mol. The molecular weight excluding hydrogens is 252 g/mol. The first-order valence-electron chi connectivity index (χ1n) is 7.46. The van der Waals surface area contributed by atoms with E-state index in [4.69, 9.17) is 0 Å². The Morgan fingerprint density at radius 2 is 2.15 bits per heavy atom. The normalized spacial score (nSPS) is 19.8. The number of rotatable bonds is 5. The van der Waals surface area contributed by atoms with Crippen molar-refractivity contribution in [1.82, 2.24) is 4.90 Å². The highest BCUT2D eigenvalue weighted by Gasteiger charge is 2.19. The SMILES string of the molecule is CCCc1ccc(NC(=O)CN2CCCC(O)C2)cc1. The zero-order chi connectivity index (χ0) is 14.4. The molecule has 0 radical (unpaired) electrons. The highest BCUT2D eigenvalue weighted by molar-refractivity contribution is 5.92. The van der Waals surface area contributed by atoms with Crippen molar-refractivity contribution in [2.45, 2.75) is 38.7 Å². The van der Waals surface area contributed by atoms with E-state index in [9.17, 15) is 9.90 Å². The average molecular weight is 276 g/mol. The van der Waals surface area contributed by atoms with Crippen LogP contribution in [0.5, 0.6) is 0 Å². The van der Waals surface area contributed by atoms with Crippen LogP contribution in [-0.2, 0) is 11.2 Å². The van der Waals surface area contributed by atoms with Gasteiger partial charge in [-0.25, -0.2) is 0 Å². The molecule has 2 N–H and O–H groups in total. The van der Waals surface area contributed by atoms with E-state index < -0.39 is 0 Å². The van der Waals surface area contributed by atoms with Crippen molar-refractivity contribution in [3.8, 4) is 0 Å². The first-order chi connectivity index (χ1) is 9.67. The quantitative estimate of drug-likeness (QED) is 0.865. The summed E-state index contributed by atoms with van der Waals surface area (Å²) in [4.78, 5) is 14.0. The molecule has 110 valence electrons. The molecule has 1 amide bonds. The van der Waals surface area contributed by atoms with Gasteiger partial charge in [-0.05, 0) is 43.5 Å². The Kier molecular flexibility index (Phi) is 5.56. The van der Waals surface area contributed by atoms with Gasteiger partial charge < -0.3 is 10.4 Å². The molecule has 1 aliphatic rings. The first-order valence-corrected chi connectivity index (χ1v) is 7.46. The van der Waals surface area contributed by atoms with Crippen molar-refractivity contribution in [3.05, 3.63) is 29.8 Å². The van der Waals surface area contributed by atoms with Crippen LogP contribution in [0.4, 0.5) is 5.69 Å². The van der Waals surface area contributed by atoms with E-state index >= 15 is 0 Å². The third kappa shape index (κ3) is 4.62. The van der Waals surface area contributed by atoms with Crippen LogP contribution in [0.3, 0.4) is 0 Å². The molecule has 1 fully saturated rings. The van der Waals surface area contributed by atoms with Crippen molar-refractivity contribution in [1.29, 1.82) is 0 Å². The van der Waals surface area contributed by atoms with Crippen molar-refractivity contribution < 1.29 is 9.90 Å². The Labute approximate surface area is 120 Å². The van der Waals surface area contributed by atoms with Crippen molar-refractivity contribution in [2.75, 3.05) is 25.0 Å². The highest BCUT2D eigenvalue weighted by atomic mass is 16.3. The van der Waals surface area contributed by atoms with Crippen LogP contribution in [0.1, 0.15) is 31.7 Å². The second kappa shape index (κ2) is 7.41. The van der Waals surface area contributed by atoms with Gasteiger partial charge in [0.25, 0.3) is 0 Å². The summed E-state index contributed by atoms with van der Waals surface area (Å²) in [6.07, 6.45) is 3.71. The number of nitrogens with one attached hydrogen (secondary N) is 1. The number of β-amino-alcohol motifs (C(OH)–C–C–N with tert-alkyl or cyclic N) is 1. The van der Waals surface area contributed by atoms with Crippen LogP contribution in [0, 0.1) is 0 Å². The maximum Gasteiger partial charge on any atom is 0.238 e. The number of nitrogens with zero attached hydrogens (tertiary/aromatic N) is 1. The monoisotopic (exact) mass is 276 g/mol. The third-order valence-electron chi connectivity index (χ3n) is 3.62. The molecule has 4 nitrogen and oxygen atoms in total. The van der Waals surface area contributed by atoms with Crippen LogP contribution in [0.2, 0.25) is 0 Å². The summed E-state index contributed by atoms with van der Waals surface area (Å²) in [5, 5.41) is 12.5. The van der Waals surface area contributed by atoms with Crippen LogP contribution < -0.4 is 5.32 Å². The standard InChI is InChI=1S/C16H24N2O2/c1-2-4-13-6-8-14(9-7-13)17-16(20)12-18-10-3-5-15(19)11-18/h6-9,15,19H,2-5,10-12H2,1H3,(H,17,20). The number of aliphatic hydroxyl groups excluding tert-OH is 1. The Bertz CT molecular complexity index is 431. The van der Waals surface area contributed by atoms with Crippen LogP contribution in [0.25, 0.3) is 0 Å².